The molecule has 0 spiro atoms. The van der Waals surface area contributed by atoms with Crippen molar-refractivity contribution in [2.24, 2.45) is 0 Å². The van der Waals surface area contributed by atoms with Crippen molar-refractivity contribution in [3.8, 4) is 17.1 Å². The van der Waals surface area contributed by atoms with Gasteiger partial charge < -0.3 is 15.0 Å². The second-order valence-electron chi connectivity index (χ2n) is 7.29. The summed E-state index contributed by atoms with van der Waals surface area (Å²) in [7, 11) is 1.64. The fraction of sp³-hybridized carbons (Fsp3) is 0.227. The number of rotatable bonds is 4. The molecule has 5 rings (SSSR count). The molecule has 7 nitrogen and oxygen atoms in total. The van der Waals surface area contributed by atoms with Gasteiger partial charge in [-0.1, -0.05) is 23.5 Å². The van der Waals surface area contributed by atoms with Gasteiger partial charge in [-0.2, -0.15) is 4.98 Å². The number of nitrogens with one attached hydrogen (secondary N) is 1. The van der Waals surface area contributed by atoms with Crippen LogP contribution >= 0.6 is 11.3 Å². The molecular formula is C22H20FN5O2S. The van der Waals surface area contributed by atoms with Crippen molar-refractivity contribution in [3.63, 3.8) is 0 Å². The summed E-state index contributed by atoms with van der Waals surface area (Å²) >= 11 is 1.56. The Hall–Kier alpha value is -3.46. The first-order chi connectivity index (χ1) is 15.1. The molecule has 158 valence electrons. The SMILES string of the molecule is COc1ccc(-c2nc3sc4c(n3n2)CCN(C(=O)NCc2ccc(F)cc2)C4)cc1. The number of thiazole rings is 1. The highest BCUT2D eigenvalue weighted by molar-refractivity contribution is 7.17. The number of benzene rings is 2. The van der Waals surface area contributed by atoms with Gasteiger partial charge in [-0.15, -0.1) is 5.10 Å². The predicted molar refractivity (Wildman–Crippen MR) is 116 cm³/mol. The van der Waals surface area contributed by atoms with Crippen LogP contribution in [0.1, 0.15) is 16.1 Å². The maximum absolute atomic E-state index is 13.0. The highest BCUT2D eigenvalue weighted by Gasteiger charge is 2.26. The third kappa shape index (κ3) is 3.84. The van der Waals surface area contributed by atoms with Crippen LogP contribution in [0.2, 0.25) is 0 Å². The van der Waals surface area contributed by atoms with Gasteiger partial charge in [-0.3, -0.25) is 0 Å². The van der Waals surface area contributed by atoms with Crippen molar-refractivity contribution in [1.82, 2.24) is 24.8 Å². The second kappa shape index (κ2) is 7.99. The first kappa shape index (κ1) is 19.5. The molecule has 0 atom stereocenters. The van der Waals surface area contributed by atoms with Crippen molar-refractivity contribution in [1.29, 1.82) is 0 Å². The Kier molecular flexibility index (Phi) is 5.03. The number of nitrogens with zero attached hydrogens (tertiary/aromatic N) is 4. The van der Waals surface area contributed by atoms with E-state index in [1.165, 1.54) is 12.1 Å². The molecule has 0 fully saturated rings. The van der Waals surface area contributed by atoms with Crippen LogP contribution in [-0.2, 0) is 19.5 Å². The lowest BCUT2D eigenvalue weighted by molar-refractivity contribution is 0.192. The molecule has 0 aliphatic carbocycles. The Bertz CT molecular complexity index is 1230. The smallest absolute Gasteiger partial charge is 0.318 e. The number of fused-ring (bicyclic) bond motifs is 3. The molecule has 2 amide bonds. The molecule has 2 aromatic heterocycles. The van der Waals surface area contributed by atoms with Crippen molar-refractivity contribution in [2.75, 3.05) is 13.7 Å². The highest BCUT2D eigenvalue weighted by atomic mass is 32.1. The normalized spacial score (nSPS) is 13.3. The molecule has 0 radical (unpaired) electrons. The lowest BCUT2D eigenvalue weighted by atomic mass is 10.2. The number of aromatic nitrogens is 3. The lowest BCUT2D eigenvalue weighted by Gasteiger charge is -2.26. The monoisotopic (exact) mass is 437 g/mol. The number of ether oxygens (including phenoxy) is 1. The molecule has 1 aliphatic rings. The molecule has 0 saturated heterocycles. The summed E-state index contributed by atoms with van der Waals surface area (Å²) in [6, 6.07) is 13.7. The number of methoxy groups -OCH3 is 1. The van der Waals surface area contributed by atoms with E-state index in [1.807, 2.05) is 28.8 Å². The standard InChI is InChI=1S/C22H20FN5O2S/c1-30-17-8-4-15(5-9-17)20-25-22-28(26-20)18-10-11-27(13-19(18)31-22)21(29)24-12-14-2-6-16(23)7-3-14/h2-9H,10-13H2,1H3,(H,24,29). The van der Waals surface area contributed by atoms with Gasteiger partial charge in [0.2, 0.25) is 4.96 Å². The second-order valence-corrected chi connectivity index (χ2v) is 8.35. The first-order valence-corrected chi connectivity index (χ1v) is 10.7. The zero-order valence-electron chi connectivity index (χ0n) is 16.8. The topological polar surface area (TPSA) is 71.8 Å². The maximum Gasteiger partial charge on any atom is 0.318 e. The van der Waals surface area contributed by atoms with E-state index < -0.39 is 0 Å². The van der Waals surface area contributed by atoms with Gasteiger partial charge in [0.1, 0.15) is 11.6 Å². The van der Waals surface area contributed by atoms with Crippen LogP contribution in [0.25, 0.3) is 16.3 Å². The van der Waals surface area contributed by atoms with Crippen molar-refractivity contribution < 1.29 is 13.9 Å². The van der Waals surface area contributed by atoms with Crippen LogP contribution < -0.4 is 10.1 Å². The number of carbonyl (C=O) groups excluding carboxylic acids is 1. The molecule has 2 aromatic carbocycles. The average molecular weight is 438 g/mol. The van der Waals surface area contributed by atoms with Crippen LogP contribution in [0.5, 0.6) is 5.75 Å². The van der Waals surface area contributed by atoms with Gasteiger partial charge in [-0.05, 0) is 42.0 Å². The lowest BCUT2D eigenvalue weighted by Crippen LogP contribution is -2.42. The number of hydrogen-bond donors (Lipinski definition) is 1. The minimum Gasteiger partial charge on any atom is -0.497 e. The average Bonchev–Trinajstić information content (AvgIpc) is 3.36. The summed E-state index contributed by atoms with van der Waals surface area (Å²) in [6.07, 6.45) is 0.713. The maximum atomic E-state index is 13.0. The molecule has 1 aliphatic heterocycles. The Morgan fingerprint density at radius 1 is 1.19 bits per heavy atom. The van der Waals surface area contributed by atoms with E-state index >= 15 is 0 Å². The molecular weight excluding hydrogens is 417 g/mol. The minimum atomic E-state index is -0.287. The number of hydrogen-bond acceptors (Lipinski definition) is 5. The highest BCUT2D eigenvalue weighted by Crippen LogP contribution is 2.30. The van der Waals surface area contributed by atoms with Gasteiger partial charge in [0.15, 0.2) is 5.82 Å². The van der Waals surface area contributed by atoms with Gasteiger partial charge in [-0.25, -0.2) is 13.7 Å². The van der Waals surface area contributed by atoms with Crippen LogP contribution in [-0.4, -0.2) is 39.2 Å². The third-order valence-electron chi connectivity index (χ3n) is 5.31. The van der Waals surface area contributed by atoms with Crippen molar-refractivity contribution in [2.45, 2.75) is 19.5 Å². The quantitative estimate of drug-likeness (QED) is 0.526. The fourth-order valence-electron chi connectivity index (χ4n) is 3.62. The van der Waals surface area contributed by atoms with E-state index in [0.717, 1.165) is 32.4 Å². The Morgan fingerprint density at radius 2 is 1.97 bits per heavy atom. The van der Waals surface area contributed by atoms with E-state index in [-0.39, 0.29) is 11.8 Å². The number of carbonyl (C=O) groups is 1. The van der Waals surface area contributed by atoms with E-state index in [2.05, 4.69) is 10.3 Å². The third-order valence-corrected chi connectivity index (χ3v) is 6.37. The van der Waals surface area contributed by atoms with E-state index in [0.29, 0.717) is 31.9 Å². The molecule has 31 heavy (non-hydrogen) atoms. The summed E-state index contributed by atoms with van der Waals surface area (Å²) in [5, 5.41) is 7.60. The summed E-state index contributed by atoms with van der Waals surface area (Å²) in [5.74, 6) is 1.18. The minimum absolute atomic E-state index is 0.132. The van der Waals surface area contributed by atoms with E-state index in [4.69, 9.17) is 9.84 Å². The molecule has 0 bridgehead atoms. The van der Waals surface area contributed by atoms with Gasteiger partial charge in [0.05, 0.1) is 19.3 Å². The summed E-state index contributed by atoms with van der Waals surface area (Å²) in [5.41, 5.74) is 2.90. The zero-order valence-corrected chi connectivity index (χ0v) is 17.7. The van der Waals surface area contributed by atoms with Crippen molar-refractivity contribution in [3.05, 3.63) is 70.5 Å². The van der Waals surface area contributed by atoms with Crippen LogP contribution in [0, 0.1) is 5.82 Å². The first-order valence-electron chi connectivity index (χ1n) is 9.89. The molecule has 9 heteroatoms. The van der Waals surface area contributed by atoms with E-state index in [9.17, 15) is 9.18 Å². The van der Waals surface area contributed by atoms with Crippen LogP contribution in [0.15, 0.2) is 48.5 Å². The number of halogens is 1. The zero-order chi connectivity index (χ0) is 21.4. The number of amides is 2. The van der Waals surface area contributed by atoms with Crippen LogP contribution in [0.3, 0.4) is 0 Å². The molecule has 0 unspecified atom stereocenters. The molecule has 3 heterocycles. The van der Waals surface area contributed by atoms with Gasteiger partial charge in [0.25, 0.3) is 0 Å². The molecule has 1 N–H and O–H groups in total. The number of urea groups is 1. The largest absolute Gasteiger partial charge is 0.497 e. The van der Waals surface area contributed by atoms with Gasteiger partial charge >= 0.3 is 6.03 Å². The van der Waals surface area contributed by atoms with Gasteiger partial charge in [0, 0.05) is 30.0 Å². The van der Waals surface area contributed by atoms with Crippen LogP contribution in [0.4, 0.5) is 9.18 Å². The fourth-order valence-corrected chi connectivity index (χ4v) is 4.73. The van der Waals surface area contributed by atoms with E-state index in [1.54, 1.807) is 35.5 Å². The molecule has 0 saturated carbocycles. The molecule has 4 aromatic rings. The Balaban J connectivity index is 1.28. The Labute approximate surface area is 182 Å². The summed E-state index contributed by atoms with van der Waals surface area (Å²) in [4.78, 5) is 21.0. The summed E-state index contributed by atoms with van der Waals surface area (Å²) in [6.45, 7) is 1.49. The summed E-state index contributed by atoms with van der Waals surface area (Å²) < 4.78 is 20.1. The predicted octanol–water partition coefficient (Wildman–Crippen LogP) is 3.87. The Morgan fingerprint density at radius 3 is 2.71 bits per heavy atom. The van der Waals surface area contributed by atoms with Crippen molar-refractivity contribution >= 4 is 22.3 Å².